The Morgan fingerprint density at radius 3 is 2.73 bits per heavy atom. The summed E-state index contributed by atoms with van der Waals surface area (Å²) in [5.41, 5.74) is 3.52. The first-order valence-electron chi connectivity index (χ1n) is 9.66. The minimum atomic E-state index is -0.550. The topological polar surface area (TPSA) is 53.8 Å². The Morgan fingerprint density at radius 2 is 1.92 bits per heavy atom. The van der Waals surface area contributed by atoms with E-state index in [1.54, 1.807) is 0 Å². The summed E-state index contributed by atoms with van der Waals surface area (Å²) in [5.74, 6) is 0.649. The molecule has 0 saturated carbocycles. The first kappa shape index (κ1) is 18.9. The zero-order valence-corrected chi connectivity index (χ0v) is 16.0. The van der Waals surface area contributed by atoms with Gasteiger partial charge in [-0.1, -0.05) is 55.4 Å². The molecule has 0 aromatic heterocycles. The predicted molar refractivity (Wildman–Crippen MR) is 108 cm³/mol. The highest BCUT2D eigenvalue weighted by molar-refractivity contribution is 6.08. The maximum atomic E-state index is 10.1. The molecule has 0 bridgehead atoms. The summed E-state index contributed by atoms with van der Waals surface area (Å²) in [6.07, 6.45) is 2.44. The van der Waals surface area contributed by atoms with Crippen LogP contribution in [0.4, 0.5) is 0 Å². The van der Waals surface area contributed by atoms with Crippen molar-refractivity contribution in [1.29, 1.82) is 0 Å². The third kappa shape index (κ3) is 4.63. The molecule has 0 heterocycles. The van der Waals surface area contributed by atoms with Gasteiger partial charge in [0.25, 0.3) is 0 Å². The molecule has 0 fully saturated rings. The second kappa shape index (κ2) is 8.65. The number of hydrogen-bond acceptors (Lipinski definition) is 4. The van der Waals surface area contributed by atoms with Gasteiger partial charge in [-0.2, -0.15) is 0 Å². The minimum absolute atomic E-state index is 0.216. The van der Waals surface area contributed by atoms with Crippen LogP contribution in [0.3, 0.4) is 0 Å². The summed E-state index contributed by atoms with van der Waals surface area (Å²) in [6, 6.07) is 13.1. The number of nitrogens with one attached hydrogen (secondary N) is 1. The lowest BCUT2D eigenvalue weighted by Gasteiger charge is -2.18. The van der Waals surface area contributed by atoms with Crippen molar-refractivity contribution in [2.45, 2.75) is 52.2 Å². The van der Waals surface area contributed by atoms with Gasteiger partial charge in [-0.05, 0) is 48.4 Å². The fraction of sp³-hybridized carbons (Fsp3) is 0.500. The van der Waals surface area contributed by atoms with Gasteiger partial charge in [0, 0.05) is 18.2 Å². The van der Waals surface area contributed by atoms with Gasteiger partial charge in [0.15, 0.2) is 0 Å². The molecule has 140 valence electrons. The highest BCUT2D eigenvalue weighted by Crippen LogP contribution is 2.30. The quantitative estimate of drug-likeness (QED) is 0.707. The SMILES string of the molecule is CC(C)CC(C)NCC(O)CON=C1CCc2c1ccc1ccccc21. The maximum Gasteiger partial charge on any atom is 0.144 e. The number of oxime groups is 1. The molecule has 1 aliphatic carbocycles. The number of benzene rings is 2. The van der Waals surface area contributed by atoms with Crippen molar-refractivity contribution in [2.24, 2.45) is 11.1 Å². The average Bonchev–Trinajstić information content (AvgIpc) is 3.03. The first-order chi connectivity index (χ1) is 12.5. The van der Waals surface area contributed by atoms with Crippen molar-refractivity contribution < 1.29 is 9.94 Å². The van der Waals surface area contributed by atoms with Crippen LogP contribution >= 0.6 is 0 Å². The Balaban J connectivity index is 1.54. The van der Waals surface area contributed by atoms with Crippen LogP contribution in [-0.4, -0.2) is 36.1 Å². The zero-order valence-electron chi connectivity index (χ0n) is 16.0. The van der Waals surface area contributed by atoms with E-state index in [2.05, 4.69) is 67.6 Å². The summed E-state index contributed by atoms with van der Waals surface area (Å²) in [6.45, 7) is 7.30. The van der Waals surface area contributed by atoms with Gasteiger partial charge in [-0.3, -0.25) is 0 Å². The predicted octanol–water partition coefficient (Wildman–Crippen LogP) is 3.89. The van der Waals surface area contributed by atoms with E-state index in [4.69, 9.17) is 4.84 Å². The van der Waals surface area contributed by atoms with E-state index in [0.717, 1.165) is 25.0 Å². The van der Waals surface area contributed by atoms with Crippen molar-refractivity contribution in [2.75, 3.05) is 13.2 Å². The largest absolute Gasteiger partial charge is 0.393 e. The molecular formula is C22H30N2O2. The van der Waals surface area contributed by atoms with Crippen molar-refractivity contribution in [3.63, 3.8) is 0 Å². The van der Waals surface area contributed by atoms with Crippen LogP contribution < -0.4 is 5.32 Å². The molecule has 0 amide bonds. The molecule has 2 N–H and O–H groups in total. The van der Waals surface area contributed by atoms with Crippen molar-refractivity contribution >= 4 is 16.5 Å². The van der Waals surface area contributed by atoms with Crippen LogP contribution in [0.1, 0.15) is 44.7 Å². The monoisotopic (exact) mass is 354 g/mol. The highest BCUT2D eigenvalue weighted by atomic mass is 16.6. The van der Waals surface area contributed by atoms with Gasteiger partial charge in [-0.25, -0.2) is 0 Å². The molecule has 3 rings (SSSR count). The van der Waals surface area contributed by atoms with Crippen LogP contribution in [-0.2, 0) is 11.3 Å². The molecule has 2 atom stereocenters. The third-order valence-electron chi connectivity index (χ3n) is 4.93. The van der Waals surface area contributed by atoms with E-state index in [1.807, 2.05) is 0 Å². The van der Waals surface area contributed by atoms with Gasteiger partial charge in [0.2, 0.25) is 0 Å². The number of aliphatic hydroxyl groups is 1. The fourth-order valence-corrected chi connectivity index (χ4v) is 3.74. The normalized spacial score (nSPS) is 17.7. The molecule has 2 aromatic carbocycles. The standard InChI is InChI=1S/C22H30N2O2/c1-15(2)12-16(3)23-13-18(25)14-26-24-22-11-10-20-19-7-5-4-6-17(19)8-9-21(20)22/h4-9,15-16,18,23,25H,10-14H2,1-3H3. The van der Waals surface area contributed by atoms with Gasteiger partial charge in [0.05, 0.1) is 5.71 Å². The molecule has 2 aromatic rings. The number of rotatable bonds is 8. The summed E-state index contributed by atoms with van der Waals surface area (Å²) in [5, 5.41) is 20.3. The van der Waals surface area contributed by atoms with Gasteiger partial charge in [0.1, 0.15) is 12.7 Å². The molecule has 2 unspecified atom stereocenters. The molecule has 26 heavy (non-hydrogen) atoms. The van der Waals surface area contributed by atoms with Crippen molar-refractivity contribution in [3.8, 4) is 0 Å². The lowest BCUT2D eigenvalue weighted by atomic mass is 10.0. The van der Waals surface area contributed by atoms with E-state index in [-0.39, 0.29) is 6.61 Å². The molecule has 0 radical (unpaired) electrons. The summed E-state index contributed by atoms with van der Waals surface area (Å²) < 4.78 is 0. The number of hydrogen-bond donors (Lipinski definition) is 2. The Morgan fingerprint density at radius 1 is 1.12 bits per heavy atom. The second-order valence-electron chi connectivity index (χ2n) is 7.74. The fourth-order valence-electron chi connectivity index (χ4n) is 3.74. The highest BCUT2D eigenvalue weighted by Gasteiger charge is 2.20. The van der Waals surface area contributed by atoms with Crippen LogP contribution in [0.5, 0.6) is 0 Å². The van der Waals surface area contributed by atoms with E-state index in [0.29, 0.717) is 18.5 Å². The van der Waals surface area contributed by atoms with E-state index in [1.165, 1.54) is 21.9 Å². The second-order valence-corrected chi connectivity index (χ2v) is 7.74. The molecular weight excluding hydrogens is 324 g/mol. The summed E-state index contributed by atoms with van der Waals surface area (Å²) in [4.78, 5) is 5.46. The van der Waals surface area contributed by atoms with Crippen LogP contribution in [0.25, 0.3) is 10.8 Å². The smallest absolute Gasteiger partial charge is 0.144 e. The van der Waals surface area contributed by atoms with Crippen molar-refractivity contribution in [3.05, 3.63) is 47.5 Å². The molecule has 1 aliphatic rings. The van der Waals surface area contributed by atoms with E-state index < -0.39 is 6.10 Å². The number of nitrogens with zero attached hydrogens (tertiary/aromatic N) is 1. The lowest BCUT2D eigenvalue weighted by Crippen LogP contribution is -2.36. The van der Waals surface area contributed by atoms with E-state index >= 15 is 0 Å². The third-order valence-corrected chi connectivity index (χ3v) is 4.93. The number of fused-ring (bicyclic) bond motifs is 3. The van der Waals surface area contributed by atoms with E-state index in [9.17, 15) is 5.11 Å². The zero-order chi connectivity index (χ0) is 18.5. The van der Waals surface area contributed by atoms with Crippen LogP contribution in [0, 0.1) is 5.92 Å². The van der Waals surface area contributed by atoms with Gasteiger partial charge >= 0.3 is 0 Å². The average molecular weight is 354 g/mol. The van der Waals surface area contributed by atoms with Crippen LogP contribution in [0.2, 0.25) is 0 Å². The Bertz CT molecular complexity index is 770. The summed E-state index contributed by atoms with van der Waals surface area (Å²) >= 11 is 0. The molecule has 0 saturated heterocycles. The Hall–Kier alpha value is -1.91. The lowest BCUT2D eigenvalue weighted by molar-refractivity contribution is 0.0387. The Kier molecular flexibility index (Phi) is 6.28. The molecule has 4 heteroatoms. The number of aliphatic hydroxyl groups excluding tert-OH is 1. The first-order valence-corrected chi connectivity index (χ1v) is 9.66. The molecule has 0 aliphatic heterocycles. The van der Waals surface area contributed by atoms with Crippen LogP contribution in [0.15, 0.2) is 41.6 Å². The molecule has 4 nitrogen and oxygen atoms in total. The van der Waals surface area contributed by atoms with Gasteiger partial charge < -0.3 is 15.3 Å². The minimum Gasteiger partial charge on any atom is -0.393 e. The Labute approximate surface area is 156 Å². The molecule has 0 spiro atoms. The summed E-state index contributed by atoms with van der Waals surface area (Å²) in [7, 11) is 0. The van der Waals surface area contributed by atoms with Crippen molar-refractivity contribution in [1.82, 2.24) is 5.32 Å². The van der Waals surface area contributed by atoms with Gasteiger partial charge in [-0.15, -0.1) is 0 Å². The number of aryl methyl sites for hydroxylation is 1. The maximum absolute atomic E-state index is 10.1.